The molecule has 2 rings (SSSR count). The van der Waals surface area contributed by atoms with Crippen LogP contribution in [0.2, 0.25) is 10.0 Å². The van der Waals surface area contributed by atoms with E-state index in [1.54, 1.807) is 13.2 Å². The standard InChI is InChI=1S/C12H13BrCl2O2/c1-16-11-6-8(14)7(5-9(11)15)12(13)10-3-2-4-17-10/h5-6,10,12H,2-4H2,1H3. The third kappa shape index (κ3) is 2.90. The molecule has 0 spiro atoms. The fourth-order valence-corrected chi connectivity index (χ4v) is 3.39. The van der Waals surface area contributed by atoms with Gasteiger partial charge in [0.05, 0.1) is 23.1 Å². The van der Waals surface area contributed by atoms with E-state index in [0.29, 0.717) is 15.8 Å². The van der Waals surface area contributed by atoms with Crippen molar-refractivity contribution in [2.24, 2.45) is 0 Å². The molecule has 0 aliphatic carbocycles. The monoisotopic (exact) mass is 338 g/mol. The van der Waals surface area contributed by atoms with Gasteiger partial charge in [-0.05, 0) is 24.5 Å². The number of alkyl halides is 1. The predicted octanol–water partition coefficient (Wildman–Crippen LogP) is 4.62. The fourth-order valence-electron chi connectivity index (χ4n) is 1.95. The van der Waals surface area contributed by atoms with E-state index in [2.05, 4.69) is 15.9 Å². The highest BCUT2D eigenvalue weighted by Crippen LogP contribution is 2.41. The Morgan fingerprint density at radius 1 is 1.41 bits per heavy atom. The Hall–Kier alpha value is 0.0400. The molecule has 1 aromatic rings. The molecule has 2 atom stereocenters. The molecule has 2 unspecified atom stereocenters. The number of methoxy groups -OCH3 is 1. The molecule has 1 fully saturated rings. The molecule has 2 nitrogen and oxygen atoms in total. The van der Waals surface area contributed by atoms with Crippen molar-refractivity contribution in [1.29, 1.82) is 0 Å². The van der Waals surface area contributed by atoms with Crippen LogP contribution in [0, 0.1) is 0 Å². The molecule has 1 aromatic carbocycles. The molecule has 5 heteroatoms. The number of rotatable bonds is 3. The van der Waals surface area contributed by atoms with Crippen LogP contribution in [-0.4, -0.2) is 19.8 Å². The van der Waals surface area contributed by atoms with Gasteiger partial charge < -0.3 is 9.47 Å². The van der Waals surface area contributed by atoms with E-state index < -0.39 is 0 Å². The second-order valence-corrected chi connectivity index (χ2v) is 5.76. The van der Waals surface area contributed by atoms with Crippen LogP contribution in [0.25, 0.3) is 0 Å². The molecule has 0 amide bonds. The molecule has 1 saturated heterocycles. The summed E-state index contributed by atoms with van der Waals surface area (Å²) in [6.07, 6.45) is 2.29. The molecule has 0 N–H and O–H groups in total. The lowest BCUT2D eigenvalue weighted by molar-refractivity contribution is 0.110. The van der Waals surface area contributed by atoms with Crippen molar-refractivity contribution in [3.8, 4) is 5.75 Å². The Balaban J connectivity index is 2.28. The second kappa shape index (κ2) is 5.79. The van der Waals surface area contributed by atoms with E-state index in [1.165, 1.54) is 0 Å². The SMILES string of the molecule is COc1cc(Cl)c(C(Br)C2CCCO2)cc1Cl. The third-order valence-corrected chi connectivity index (χ3v) is 4.57. The van der Waals surface area contributed by atoms with Crippen molar-refractivity contribution in [1.82, 2.24) is 0 Å². The van der Waals surface area contributed by atoms with E-state index in [9.17, 15) is 0 Å². The van der Waals surface area contributed by atoms with E-state index in [4.69, 9.17) is 32.7 Å². The summed E-state index contributed by atoms with van der Waals surface area (Å²) in [6, 6.07) is 3.58. The summed E-state index contributed by atoms with van der Waals surface area (Å²) in [4.78, 5) is 0.0703. The minimum Gasteiger partial charge on any atom is -0.495 e. The highest BCUT2D eigenvalue weighted by atomic mass is 79.9. The largest absolute Gasteiger partial charge is 0.495 e. The minimum absolute atomic E-state index is 0.0703. The quantitative estimate of drug-likeness (QED) is 0.748. The second-order valence-electron chi connectivity index (χ2n) is 3.96. The van der Waals surface area contributed by atoms with E-state index in [1.807, 2.05) is 6.07 Å². The molecule has 0 bridgehead atoms. The third-order valence-electron chi connectivity index (χ3n) is 2.86. The molecule has 0 radical (unpaired) electrons. The smallest absolute Gasteiger partial charge is 0.138 e. The van der Waals surface area contributed by atoms with Gasteiger partial charge in [-0.1, -0.05) is 39.1 Å². The van der Waals surface area contributed by atoms with Crippen LogP contribution >= 0.6 is 39.1 Å². The Morgan fingerprint density at radius 3 is 2.76 bits per heavy atom. The van der Waals surface area contributed by atoms with Gasteiger partial charge in [-0.25, -0.2) is 0 Å². The van der Waals surface area contributed by atoms with Gasteiger partial charge in [0.1, 0.15) is 5.75 Å². The summed E-state index contributed by atoms with van der Waals surface area (Å²) in [6.45, 7) is 0.814. The Labute approximate surface area is 119 Å². The number of hydrogen-bond acceptors (Lipinski definition) is 2. The molecule has 0 saturated carbocycles. The summed E-state index contributed by atoms with van der Waals surface area (Å²) in [5.41, 5.74) is 0.948. The van der Waals surface area contributed by atoms with Gasteiger partial charge >= 0.3 is 0 Å². The normalized spacial score (nSPS) is 21.5. The van der Waals surface area contributed by atoms with E-state index in [0.717, 1.165) is 25.0 Å². The summed E-state index contributed by atoms with van der Waals surface area (Å²) in [7, 11) is 1.57. The molecule has 17 heavy (non-hydrogen) atoms. The summed E-state index contributed by atoms with van der Waals surface area (Å²) >= 11 is 16.0. The van der Waals surface area contributed by atoms with Crippen molar-refractivity contribution in [2.45, 2.75) is 23.8 Å². The fraction of sp³-hybridized carbons (Fsp3) is 0.500. The summed E-state index contributed by atoms with van der Waals surface area (Å²) in [5, 5.41) is 1.21. The average Bonchev–Trinajstić information content (AvgIpc) is 2.84. The van der Waals surface area contributed by atoms with Crippen LogP contribution in [0.5, 0.6) is 5.75 Å². The highest BCUT2D eigenvalue weighted by Gasteiger charge is 2.27. The van der Waals surface area contributed by atoms with Gasteiger partial charge in [-0.3, -0.25) is 0 Å². The summed E-state index contributed by atoms with van der Waals surface area (Å²) < 4.78 is 10.8. The number of ether oxygens (including phenoxy) is 2. The van der Waals surface area contributed by atoms with Gasteiger partial charge in [0.2, 0.25) is 0 Å². The molecule has 1 aliphatic heterocycles. The van der Waals surface area contributed by atoms with Crippen molar-refractivity contribution in [3.05, 3.63) is 27.7 Å². The van der Waals surface area contributed by atoms with E-state index in [-0.39, 0.29) is 10.9 Å². The van der Waals surface area contributed by atoms with Crippen molar-refractivity contribution < 1.29 is 9.47 Å². The average molecular weight is 340 g/mol. The number of halogens is 3. The topological polar surface area (TPSA) is 18.5 Å². The van der Waals surface area contributed by atoms with Crippen molar-refractivity contribution in [3.63, 3.8) is 0 Å². The number of hydrogen-bond donors (Lipinski definition) is 0. The van der Waals surface area contributed by atoms with Crippen LogP contribution < -0.4 is 4.74 Å². The lowest BCUT2D eigenvalue weighted by Crippen LogP contribution is -2.12. The zero-order valence-electron chi connectivity index (χ0n) is 9.38. The van der Waals surface area contributed by atoms with Crippen LogP contribution in [0.1, 0.15) is 23.2 Å². The van der Waals surface area contributed by atoms with Gasteiger partial charge in [-0.15, -0.1) is 0 Å². The summed E-state index contributed by atoms with van der Waals surface area (Å²) in [5.74, 6) is 0.590. The van der Waals surface area contributed by atoms with Gasteiger partial charge in [0.15, 0.2) is 0 Å². The Kier molecular flexibility index (Phi) is 4.59. The first-order chi connectivity index (χ1) is 8.13. The van der Waals surface area contributed by atoms with Crippen molar-refractivity contribution in [2.75, 3.05) is 13.7 Å². The lowest BCUT2D eigenvalue weighted by Gasteiger charge is -2.19. The van der Waals surface area contributed by atoms with Crippen LogP contribution in [0.4, 0.5) is 0 Å². The van der Waals surface area contributed by atoms with Crippen molar-refractivity contribution >= 4 is 39.1 Å². The lowest BCUT2D eigenvalue weighted by atomic mass is 10.1. The van der Waals surface area contributed by atoms with Gasteiger partial charge in [0.25, 0.3) is 0 Å². The maximum Gasteiger partial charge on any atom is 0.138 e. The molecular weight excluding hydrogens is 327 g/mol. The molecule has 94 valence electrons. The number of benzene rings is 1. The Morgan fingerprint density at radius 2 is 2.18 bits per heavy atom. The zero-order valence-corrected chi connectivity index (χ0v) is 12.5. The van der Waals surface area contributed by atoms with Crippen LogP contribution in [0.15, 0.2) is 12.1 Å². The first kappa shape index (κ1) is 13.5. The van der Waals surface area contributed by atoms with Crippen LogP contribution in [-0.2, 0) is 4.74 Å². The molecule has 0 aromatic heterocycles. The van der Waals surface area contributed by atoms with Gasteiger partial charge in [0, 0.05) is 17.7 Å². The molecule has 1 heterocycles. The van der Waals surface area contributed by atoms with E-state index >= 15 is 0 Å². The minimum atomic E-state index is 0.0703. The molecular formula is C12H13BrCl2O2. The predicted molar refractivity (Wildman–Crippen MR) is 73.7 cm³/mol. The zero-order chi connectivity index (χ0) is 12.4. The maximum atomic E-state index is 6.23. The van der Waals surface area contributed by atoms with Gasteiger partial charge in [-0.2, -0.15) is 0 Å². The first-order valence-corrected chi connectivity index (χ1v) is 7.09. The Bertz CT molecular complexity index is 406. The van der Waals surface area contributed by atoms with Crippen LogP contribution in [0.3, 0.4) is 0 Å². The first-order valence-electron chi connectivity index (χ1n) is 5.42. The molecule has 1 aliphatic rings. The maximum absolute atomic E-state index is 6.23. The highest BCUT2D eigenvalue weighted by molar-refractivity contribution is 9.09.